The lowest BCUT2D eigenvalue weighted by Gasteiger charge is -2.41. The van der Waals surface area contributed by atoms with Crippen LogP contribution in [-0.2, 0) is 10.5 Å². The maximum Gasteiger partial charge on any atom is 0.271 e. The molecule has 3 nitrogen and oxygen atoms in total. The Morgan fingerprint density at radius 1 is 1.13 bits per heavy atom. The largest absolute Gasteiger partial charge is 0.369 e. The molecule has 0 unspecified atom stereocenters. The number of hydrogen-bond donors (Lipinski definition) is 1. The molecule has 1 amide bonds. The van der Waals surface area contributed by atoms with Crippen molar-refractivity contribution >= 4 is 5.91 Å². The normalized spacial score (nSPS) is 23.7. The molecule has 0 fully saturated rings. The van der Waals surface area contributed by atoms with E-state index in [0.717, 1.165) is 12.8 Å². The Morgan fingerprint density at radius 3 is 2.48 bits per heavy atom. The second-order valence-electron chi connectivity index (χ2n) is 5.84. The molecule has 0 saturated heterocycles. The van der Waals surface area contributed by atoms with E-state index in [1.807, 2.05) is 6.92 Å². The standard InChI is InChI=1S/C19H20FNO2/c1-2-3-13-21-17(22)15-11-7-8-12-16(15)19(20,18(21)23)14-9-5-4-6-10-14/h4-12,17,22H,2-3,13H2,1H3/t17-,19-/m0/s1. The van der Waals surface area contributed by atoms with Gasteiger partial charge in [0.2, 0.25) is 5.67 Å². The van der Waals surface area contributed by atoms with Gasteiger partial charge in [0.25, 0.3) is 5.91 Å². The summed E-state index contributed by atoms with van der Waals surface area (Å²) in [6, 6.07) is 15.2. The lowest BCUT2D eigenvalue weighted by atomic mass is 9.80. The van der Waals surface area contributed by atoms with Gasteiger partial charge in [-0.3, -0.25) is 4.79 Å². The number of carbonyl (C=O) groups is 1. The van der Waals surface area contributed by atoms with Crippen molar-refractivity contribution in [2.24, 2.45) is 0 Å². The van der Waals surface area contributed by atoms with Crippen molar-refractivity contribution in [3.63, 3.8) is 0 Å². The number of unbranched alkanes of at least 4 members (excludes halogenated alkanes) is 1. The SMILES string of the molecule is CCCCN1C(=O)[C@](F)(c2ccccc2)c2ccccc2[C@@H]1O. The summed E-state index contributed by atoms with van der Waals surface area (Å²) >= 11 is 0. The monoisotopic (exact) mass is 313 g/mol. The van der Waals surface area contributed by atoms with Crippen LogP contribution < -0.4 is 0 Å². The van der Waals surface area contributed by atoms with Crippen molar-refractivity contribution in [3.8, 4) is 0 Å². The van der Waals surface area contributed by atoms with Crippen LogP contribution >= 0.6 is 0 Å². The molecule has 3 rings (SSSR count). The number of aliphatic hydroxyl groups excluding tert-OH is 1. The zero-order valence-electron chi connectivity index (χ0n) is 13.1. The van der Waals surface area contributed by atoms with E-state index in [0.29, 0.717) is 17.7 Å². The molecule has 120 valence electrons. The first-order valence-corrected chi connectivity index (χ1v) is 7.93. The van der Waals surface area contributed by atoms with Crippen molar-refractivity contribution in [3.05, 3.63) is 71.3 Å². The molecule has 0 bridgehead atoms. The maximum atomic E-state index is 16.0. The molecule has 0 radical (unpaired) electrons. The fraction of sp³-hybridized carbons (Fsp3) is 0.316. The molecule has 1 aliphatic heterocycles. The van der Waals surface area contributed by atoms with Crippen LogP contribution in [0.15, 0.2) is 54.6 Å². The molecule has 2 atom stereocenters. The van der Waals surface area contributed by atoms with Gasteiger partial charge < -0.3 is 10.0 Å². The van der Waals surface area contributed by atoms with Crippen molar-refractivity contribution in [2.45, 2.75) is 31.7 Å². The number of halogens is 1. The van der Waals surface area contributed by atoms with E-state index in [1.165, 1.54) is 4.90 Å². The number of hydrogen-bond acceptors (Lipinski definition) is 2. The zero-order chi connectivity index (χ0) is 16.4. The predicted molar refractivity (Wildman–Crippen MR) is 86.4 cm³/mol. The topological polar surface area (TPSA) is 40.5 Å². The molecule has 0 aromatic heterocycles. The first kappa shape index (κ1) is 15.7. The zero-order valence-corrected chi connectivity index (χ0v) is 13.1. The van der Waals surface area contributed by atoms with Gasteiger partial charge in [0.05, 0.1) is 0 Å². The molecular formula is C19H20FNO2. The average molecular weight is 313 g/mol. The van der Waals surface area contributed by atoms with E-state index in [4.69, 9.17) is 0 Å². The van der Waals surface area contributed by atoms with E-state index < -0.39 is 17.8 Å². The summed E-state index contributed by atoms with van der Waals surface area (Å²) in [6.07, 6.45) is 0.483. The molecule has 1 N–H and O–H groups in total. The molecule has 0 spiro atoms. The molecule has 23 heavy (non-hydrogen) atoms. The van der Waals surface area contributed by atoms with Gasteiger partial charge >= 0.3 is 0 Å². The van der Waals surface area contributed by atoms with Crippen molar-refractivity contribution in [1.29, 1.82) is 0 Å². The summed E-state index contributed by atoms with van der Waals surface area (Å²) < 4.78 is 16.0. The van der Waals surface area contributed by atoms with Crippen LogP contribution in [0.1, 0.15) is 42.7 Å². The van der Waals surface area contributed by atoms with Gasteiger partial charge in [-0.1, -0.05) is 67.9 Å². The Balaban J connectivity index is 2.17. The minimum Gasteiger partial charge on any atom is -0.369 e. The van der Waals surface area contributed by atoms with Gasteiger partial charge in [0.1, 0.15) is 0 Å². The molecule has 0 saturated carbocycles. The molecule has 1 heterocycles. The minimum atomic E-state index is -2.26. The highest BCUT2D eigenvalue weighted by Gasteiger charge is 2.52. The molecule has 2 aromatic rings. The Kier molecular flexibility index (Phi) is 4.18. The predicted octanol–water partition coefficient (Wildman–Crippen LogP) is 3.53. The molecule has 4 heteroatoms. The van der Waals surface area contributed by atoms with E-state index in [9.17, 15) is 9.90 Å². The Morgan fingerprint density at radius 2 is 1.78 bits per heavy atom. The van der Waals surface area contributed by atoms with E-state index in [-0.39, 0.29) is 5.56 Å². The van der Waals surface area contributed by atoms with Gasteiger partial charge in [-0.05, 0) is 6.42 Å². The van der Waals surface area contributed by atoms with E-state index >= 15 is 4.39 Å². The highest BCUT2D eigenvalue weighted by molar-refractivity contribution is 5.92. The number of benzene rings is 2. The fourth-order valence-corrected chi connectivity index (χ4v) is 3.13. The van der Waals surface area contributed by atoms with Crippen molar-refractivity contribution < 1.29 is 14.3 Å². The third kappa shape index (κ3) is 2.43. The van der Waals surface area contributed by atoms with E-state index in [2.05, 4.69) is 0 Å². The highest BCUT2D eigenvalue weighted by atomic mass is 19.1. The fourth-order valence-electron chi connectivity index (χ4n) is 3.13. The third-order valence-corrected chi connectivity index (χ3v) is 4.39. The Bertz CT molecular complexity index is 704. The van der Waals surface area contributed by atoms with Crippen LogP contribution in [0.3, 0.4) is 0 Å². The van der Waals surface area contributed by atoms with Crippen LogP contribution in [0, 0.1) is 0 Å². The van der Waals surface area contributed by atoms with E-state index in [1.54, 1.807) is 54.6 Å². The number of aliphatic hydroxyl groups is 1. The van der Waals surface area contributed by atoms with Crippen LogP contribution in [0.2, 0.25) is 0 Å². The Hall–Kier alpha value is -2.20. The summed E-state index contributed by atoms with van der Waals surface area (Å²) in [5.74, 6) is -0.691. The smallest absolute Gasteiger partial charge is 0.271 e. The van der Waals surface area contributed by atoms with Crippen molar-refractivity contribution in [1.82, 2.24) is 4.90 Å². The summed E-state index contributed by atoms with van der Waals surface area (Å²) in [5.41, 5.74) is -1.28. The number of alkyl halides is 1. The summed E-state index contributed by atoms with van der Waals surface area (Å²) in [6.45, 7) is 2.33. The van der Waals surface area contributed by atoms with Gasteiger partial charge in [0, 0.05) is 23.2 Å². The number of amides is 1. The molecule has 2 aromatic carbocycles. The number of carbonyl (C=O) groups excluding carboxylic acids is 1. The van der Waals surface area contributed by atoms with Crippen molar-refractivity contribution in [2.75, 3.05) is 6.54 Å². The first-order chi connectivity index (χ1) is 11.1. The lowest BCUT2D eigenvalue weighted by Crippen LogP contribution is -2.51. The molecule has 1 aliphatic rings. The summed E-state index contributed by atoms with van der Waals surface area (Å²) in [5, 5.41) is 10.5. The number of nitrogens with zero attached hydrogens (tertiary/aromatic N) is 1. The third-order valence-electron chi connectivity index (χ3n) is 4.39. The Labute approximate surface area is 135 Å². The summed E-state index contributed by atoms with van der Waals surface area (Å²) in [4.78, 5) is 14.2. The second kappa shape index (κ2) is 6.13. The minimum absolute atomic E-state index is 0.233. The van der Waals surface area contributed by atoms with Crippen LogP contribution in [0.5, 0.6) is 0 Å². The maximum absolute atomic E-state index is 16.0. The summed E-state index contributed by atoms with van der Waals surface area (Å²) in [7, 11) is 0. The van der Waals surface area contributed by atoms with Gasteiger partial charge in [0.15, 0.2) is 6.23 Å². The number of rotatable bonds is 4. The van der Waals surface area contributed by atoms with Gasteiger partial charge in [-0.25, -0.2) is 4.39 Å². The molecule has 0 aliphatic carbocycles. The van der Waals surface area contributed by atoms with Crippen LogP contribution in [-0.4, -0.2) is 22.5 Å². The lowest BCUT2D eigenvalue weighted by molar-refractivity contribution is -0.156. The first-order valence-electron chi connectivity index (χ1n) is 7.93. The number of fused-ring (bicyclic) bond motifs is 1. The second-order valence-corrected chi connectivity index (χ2v) is 5.84. The van der Waals surface area contributed by atoms with Gasteiger partial charge in [-0.15, -0.1) is 0 Å². The molecular weight excluding hydrogens is 293 g/mol. The van der Waals surface area contributed by atoms with Crippen LogP contribution in [0.4, 0.5) is 4.39 Å². The van der Waals surface area contributed by atoms with Gasteiger partial charge in [-0.2, -0.15) is 0 Å². The van der Waals surface area contributed by atoms with Crippen LogP contribution in [0.25, 0.3) is 0 Å². The average Bonchev–Trinajstić information content (AvgIpc) is 2.60. The highest BCUT2D eigenvalue weighted by Crippen LogP contribution is 2.45. The quantitative estimate of drug-likeness (QED) is 0.938.